The van der Waals surface area contributed by atoms with Crippen molar-refractivity contribution in [3.8, 4) is 0 Å². The molecule has 1 N–H and O–H groups in total. The van der Waals surface area contributed by atoms with Crippen molar-refractivity contribution in [2.75, 3.05) is 6.54 Å². The van der Waals surface area contributed by atoms with Crippen LogP contribution in [0.25, 0.3) is 0 Å². The van der Waals surface area contributed by atoms with E-state index in [1.54, 1.807) is 16.0 Å². The van der Waals surface area contributed by atoms with Crippen LogP contribution in [-0.4, -0.2) is 16.3 Å². The lowest BCUT2D eigenvalue weighted by Crippen LogP contribution is -2.22. The van der Waals surface area contributed by atoms with Gasteiger partial charge in [-0.1, -0.05) is 18.5 Å². The quantitative estimate of drug-likeness (QED) is 0.868. The number of hydrogen-bond acceptors (Lipinski definition) is 3. The van der Waals surface area contributed by atoms with E-state index >= 15 is 0 Å². The van der Waals surface area contributed by atoms with Gasteiger partial charge < -0.3 is 5.32 Å². The number of aryl methyl sites for hydroxylation is 2. The molecule has 1 unspecified atom stereocenters. The summed E-state index contributed by atoms with van der Waals surface area (Å²) >= 11 is 11.6. The molecule has 0 aromatic carbocycles. The molecule has 3 nitrogen and oxygen atoms in total. The summed E-state index contributed by atoms with van der Waals surface area (Å²) in [6.07, 6.45) is 0.860. The number of hydrogen-bond donors (Lipinski definition) is 1. The summed E-state index contributed by atoms with van der Waals surface area (Å²) in [5, 5.41) is 10.7. The van der Waals surface area contributed by atoms with Crippen molar-refractivity contribution >= 4 is 38.9 Å². The van der Waals surface area contributed by atoms with Crippen molar-refractivity contribution in [3.63, 3.8) is 0 Å². The fourth-order valence-electron chi connectivity index (χ4n) is 2.14. The third-order valence-electron chi connectivity index (χ3n) is 3.06. The molecule has 0 aliphatic rings. The average Bonchev–Trinajstić information content (AvgIpc) is 2.88. The summed E-state index contributed by atoms with van der Waals surface area (Å²) in [5.74, 6) is 0. The molecule has 0 amide bonds. The Bertz CT molecular complexity index is 564. The highest BCUT2D eigenvalue weighted by atomic mass is 79.9. The van der Waals surface area contributed by atoms with Crippen LogP contribution in [0.4, 0.5) is 0 Å². The van der Waals surface area contributed by atoms with Crippen LogP contribution in [0.2, 0.25) is 5.15 Å². The van der Waals surface area contributed by atoms with Crippen molar-refractivity contribution in [1.29, 1.82) is 0 Å². The van der Waals surface area contributed by atoms with Crippen LogP contribution in [0.1, 0.15) is 29.1 Å². The second-order valence-electron chi connectivity index (χ2n) is 4.46. The van der Waals surface area contributed by atoms with Crippen LogP contribution in [0, 0.1) is 6.92 Å². The minimum absolute atomic E-state index is 0.279. The third kappa shape index (κ3) is 3.40. The molecule has 1 atom stereocenters. The Morgan fingerprint density at radius 2 is 2.32 bits per heavy atom. The number of thiophene rings is 1. The van der Waals surface area contributed by atoms with Crippen LogP contribution in [0.3, 0.4) is 0 Å². The number of nitrogens with zero attached hydrogens (tertiary/aromatic N) is 2. The van der Waals surface area contributed by atoms with Gasteiger partial charge in [-0.3, -0.25) is 4.68 Å². The topological polar surface area (TPSA) is 29.9 Å². The Hall–Kier alpha value is -0.360. The molecule has 0 bridgehead atoms. The van der Waals surface area contributed by atoms with E-state index in [9.17, 15) is 0 Å². The van der Waals surface area contributed by atoms with Crippen molar-refractivity contribution in [3.05, 3.63) is 37.2 Å². The van der Waals surface area contributed by atoms with Gasteiger partial charge in [-0.15, -0.1) is 11.3 Å². The van der Waals surface area contributed by atoms with Crippen LogP contribution >= 0.6 is 38.9 Å². The number of halogens is 2. The summed E-state index contributed by atoms with van der Waals surface area (Å²) in [7, 11) is 1.88. The fraction of sp³-hybridized carbons (Fsp3) is 0.462. The van der Waals surface area contributed by atoms with Crippen LogP contribution < -0.4 is 5.32 Å². The first-order valence-corrected chi connectivity index (χ1v) is 8.23. The number of nitrogens with one attached hydrogen (secondary N) is 1. The highest BCUT2D eigenvalue weighted by Crippen LogP contribution is 2.30. The maximum Gasteiger partial charge on any atom is 0.130 e. The predicted octanol–water partition coefficient (Wildman–Crippen LogP) is 4.10. The molecule has 0 fully saturated rings. The zero-order valence-corrected chi connectivity index (χ0v) is 14.4. The standard InChI is InChI=1S/C13H17BrClN3S/c1-4-16-11(12-5-9(14)7-19-12)6-10-8(2)17-18(3)13(10)15/h5,7,11,16H,4,6H2,1-3H3. The van der Waals surface area contributed by atoms with E-state index in [1.165, 1.54) is 4.88 Å². The van der Waals surface area contributed by atoms with Gasteiger partial charge in [0.15, 0.2) is 0 Å². The first-order chi connectivity index (χ1) is 9.02. The third-order valence-corrected chi connectivity index (χ3v) is 5.34. The van der Waals surface area contributed by atoms with E-state index in [-0.39, 0.29) is 6.04 Å². The van der Waals surface area contributed by atoms with E-state index < -0.39 is 0 Å². The molecule has 2 aromatic heterocycles. The van der Waals surface area contributed by atoms with Crippen molar-refractivity contribution in [2.45, 2.75) is 26.3 Å². The lowest BCUT2D eigenvalue weighted by molar-refractivity contribution is 0.557. The molecular weight excluding hydrogens is 346 g/mol. The molecule has 19 heavy (non-hydrogen) atoms. The van der Waals surface area contributed by atoms with Gasteiger partial charge >= 0.3 is 0 Å². The summed E-state index contributed by atoms with van der Waals surface area (Å²) < 4.78 is 2.86. The second-order valence-corrected chi connectivity index (χ2v) is 6.68. The Kier molecular flexibility index (Phi) is 5.06. The molecule has 0 radical (unpaired) electrons. The Balaban J connectivity index is 2.26. The van der Waals surface area contributed by atoms with Gasteiger partial charge in [0.05, 0.1) is 5.69 Å². The first-order valence-electron chi connectivity index (χ1n) is 6.18. The zero-order chi connectivity index (χ0) is 14.0. The number of aromatic nitrogens is 2. The van der Waals surface area contributed by atoms with E-state index in [0.717, 1.165) is 33.8 Å². The van der Waals surface area contributed by atoms with Crippen molar-refractivity contribution in [2.24, 2.45) is 7.05 Å². The highest BCUT2D eigenvalue weighted by Gasteiger charge is 2.19. The van der Waals surface area contributed by atoms with Gasteiger partial charge in [-0.05, 0) is 41.9 Å². The van der Waals surface area contributed by atoms with Gasteiger partial charge in [0.25, 0.3) is 0 Å². The molecule has 2 heterocycles. The number of likely N-dealkylation sites (N-methyl/N-ethyl adjacent to an activating group) is 1. The van der Waals surface area contributed by atoms with E-state index in [1.807, 2.05) is 14.0 Å². The molecule has 104 valence electrons. The van der Waals surface area contributed by atoms with Gasteiger partial charge in [0, 0.05) is 33.4 Å². The molecule has 0 saturated carbocycles. The average molecular weight is 363 g/mol. The van der Waals surface area contributed by atoms with Gasteiger partial charge in [-0.2, -0.15) is 5.10 Å². The van der Waals surface area contributed by atoms with Crippen molar-refractivity contribution in [1.82, 2.24) is 15.1 Å². The molecule has 0 saturated heterocycles. The van der Waals surface area contributed by atoms with Gasteiger partial charge in [0.2, 0.25) is 0 Å². The Morgan fingerprint density at radius 1 is 1.58 bits per heavy atom. The van der Waals surface area contributed by atoms with E-state index in [4.69, 9.17) is 11.6 Å². The van der Waals surface area contributed by atoms with E-state index in [0.29, 0.717) is 0 Å². The highest BCUT2D eigenvalue weighted by molar-refractivity contribution is 9.10. The Labute approximate surface area is 131 Å². The monoisotopic (exact) mass is 361 g/mol. The molecule has 0 aliphatic carbocycles. The molecule has 2 aromatic rings. The second kappa shape index (κ2) is 6.39. The minimum atomic E-state index is 0.279. The lowest BCUT2D eigenvalue weighted by atomic mass is 10.1. The van der Waals surface area contributed by atoms with Crippen LogP contribution in [-0.2, 0) is 13.5 Å². The SMILES string of the molecule is CCNC(Cc1c(C)nn(C)c1Cl)c1cc(Br)cs1. The smallest absolute Gasteiger partial charge is 0.130 e. The van der Waals surface area contributed by atoms with Gasteiger partial charge in [-0.25, -0.2) is 0 Å². The predicted molar refractivity (Wildman–Crippen MR) is 85.1 cm³/mol. The number of rotatable bonds is 5. The maximum absolute atomic E-state index is 6.32. The summed E-state index contributed by atoms with van der Waals surface area (Å²) in [6.45, 7) is 5.05. The summed E-state index contributed by atoms with van der Waals surface area (Å²) in [4.78, 5) is 1.31. The minimum Gasteiger partial charge on any atom is -0.309 e. The first kappa shape index (κ1) is 15.0. The molecule has 0 aliphatic heterocycles. The van der Waals surface area contributed by atoms with Gasteiger partial charge in [0.1, 0.15) is 5.15 Å². The van der Waals surface area contributed by atoms with Crippen LogP contribution in [0.5, 0.6) is 0 Å². The van der Waals surface area contributed by atoms with Crippen LogP contribution in [0.15, 0.2) is 15.9 Å². The van der Waals surface area contributed by atoms with Crippen molar-refractivity contribution < 1.29 is 0 Å². The summed E-state index contributed by atoms with van der Waals surface area (Å²) in [5.41, 5.74) is 2.13. The normalized spacial score (nSPS) is 12.9. The zero-order valence-electron chi connectivity index (χ0n) is 11.2. The Morgan fingerprint density at radius 3 is 2.79 bits per heavy atom. The molecule has 2 rings (SSSR count). The molecule has 6 heteroatoms. The summed E-state index contributed by atoms with van der Waals surface area (Å²) in [6, 6.07) is 2.44. The lowest BCUT2D eigenvalue weighted by Gasteiger charge is -2.16. The van der Waals surface area contributed by atoms with E-state index in [2.05, 4.69) is 44.7 Å². The fourth-order valence-corrected chi connectivity index (χ4v) is 3.91. The maximum atomic E-state index is 6.32. The largest absolute Gasteiger partial charge is 0.309 e. The molecular formula is C13H17BrClN3S. The molecule has 0 spiro atoms.